The molecule has 2 heteroatoms. The van der Waals surface area contributed by atoms with Gasteiger partial charge >= 0.3 is 0 Å². The van der Waals surface area contributed by atoms with Gasteiger partial charge in [0, 0.05) is 12.7 Å². The van der Waals surface area contributed by atoms with E-state index in [4.69, 9.17) is 4.43 Å². The van der Waals surface area contributed by atoms with Crippen LogP contribution < -0.4 is 0 Å². The zero-order chi connectivity index (χ0) is 13.0. The summed E-state index contributed by atoms with van der Waals surface area (Å²) in [7, 11) is 0.146. The average molecular weight is 258 g/mol. The van der Waals surface area contributed by atoms with Crippen LogP contribution in [0.1, 0.15) is 17.5 Å². The molecule has 0 amide bonds. The fourth-order valence-electron chi connectivity index (χ4n) is 2.80. The summed E-state index contributed by atoms with van der Waals surface area (Å²) >= 11 is 0. The van der Waals surface area contributed by atoms with E-state index in [0.717, 1.165) is 6.42 Å². The predicted molar refractivity (Wildman–Crippen MR) is 80.1 cm³/mol. The van der Waals surface area contributed by atoms with Gasteiger partial charge in [-0.2, -0.15) is 0 Å². The van der Waals surface area contributed by atoms with E-state index in [9.17, 15) is 0 Å². The van der Waals surface area contributed by atoms with Crippen molar-refractivity contribution in [3.05, 3.63) is 60.2 Å². The molecule has 0 aliphatic heterocycles. The van der Waals surface area contributed by atoms with Gasteiger partial charge in [0.15, 0.2) is 8.32 Å². The van der Waals surface area contributed by atoms with Crippen molar-refractivity contribution < 1.29 is 4.43 Å². The Morgan fingerprint density at radius 1 is 1.17 bits per heavy atom. The van der Waals surface area contributed by atoms with E-state index in [2.05, 4.69) is 67.7 Å². The lowest BCUT2D eigenvalue weighted by molar-refractivity contribution is 0.377. The molecule has 0 fully saturated rings. The minimum atomic E-state index is -1.72. The first-order valence-electron chi connectivity index (χ1n) is 6.58. The first kappa shape index (κ1) is 13.3. The SMILES string of the molecule is CO[Si](C)(C)C(c1ccccc1)C1C=CC=CC1. The fourth-order valence-corrected chi connectivity index (χ4v) is 5.33. The van der Waals surface area contributed by atoms with Crippen LogP contribution in [0.5, 0.6) is 0 Å². The standard InChI is InChI=1S/C16H22OSi/c1-17-18(2,3)16(14-10-6-4-7-11-14)15-12-8-5-9-13-15/h4-12,15-16H,13H2,1-3H3. The van der Waals surface area contributed by atoms with Crippen LogP contribution >= 0.6 is 0 Å². The third-order valence-electron chi connectivity index (χ3n) is 3.88. The van der Waals surface area contributed by atoms with Crippen LogP contribution in [0.2, 0.25) is 13.1 Å². The highest BCUT2D eigenvalue weighted by molar-refractivity contribution is 6.72. The van der Waals surface area contributed by atoms with Crippen LogP contribution in [0.15, 0.2) is 54.6 Å². The van der Waals surface area contributed by atoms with Gasteiger partial charge < -0.3 is 4.43 Å². The van der Waals surface area contributed by atoms with Gasteiger partial charge in [0.25, 0.3) is 0 Å². The maximum absolute atomic E-state index is 5.89. The van der Waals surface area contributed by atoms with Crippen molar-refractivity contribution in [2.45, 2.75) is 25.1 Å². The van der Waals surface area contributed by atoms with Gasteiger partial charge in [0.2, 0.25) is 0 Å². The van der Waals surface area contributed by atoms with Crippen molar-refractivity contribution in [1.29, 1.82) is 0 Å². The number of hydrogen-bond acceptors (Lipinski definition) is 1. The Morgan fingerprint density at radius 3 is 2.44 bits per heavy atom. The summed E-state index contributed by atoms with van der Waals surface area (Å²) < 4.78 is 5.89. The van der Waals surface area contributed by atoms with Gasteiger partial charge in [-0.15, -0.1) is 0 Å². The van der Waals surface area contributed by atoms with E-state index in [-0.39, 0.29) is 0 Å². The summed E-state index contributed by atoms with van der Waals surface area (Å²) in [5, 5.41) is 0. The van der Waals surface area contributed by atoms with Crippen LogP contribution in [0.4, 0.5) is 0 Å². The first-order chi connectivity index (χ1) is 8.65. The molecule has 1 aliphatic rings. The molecule has 1 aromatic rings. The van der Waals surface area contributed by atoms with Crippen LogP contribution in [-0.4, -0.2) is 15.4 Å². The summed E-state index contributed by atoms with van der Waals surface area (Å²) in [6.07, 6.45) is 10.0. The van der Waals surface area contributed by atoms with Crippen molar-refractivity contribution in [2.24, 2.45) is 5.92 Å². The normalized spacial score (nSPS) is 20.9. The van der Waals surface area contributed by atoms with Crippen LogP contribution in [0.3, 0.4) is 0 Å². The predicted octanol–water partition coefficient (Wildman–Crippen LogP) is 4.29. The van der Waals surface area contributed by atoms with E-state index >= 15 is 0 Å². The Balaban J connectivity index is 2.35. The second-order valence-corrected chi connectivity index (χ2v) is 9.65. The number of allylic oxidation sites excluding steroid dienone is 4. The van der Waals surface area contributed by atoms with Gasteiger partial charge in [-0.3, -0.25) is 0 Å². The molecular formula is C16H22OSi. The Hall–Kier alpha value is -1.12. The largest absolute Gasteiger partial charge is 0.420 e. The molecule has 1 aliphatic carbocycles. The van der Waals surface area contributed by atoms with Gasteiger partial charge in [0.1, 0.15) is 0 Å². The second-order valence-electron chi connectivity index (χ2n) is 5.41. The molecular weight excluding hydrogens is 236 g/mol. The summed E-state index contributed by atoms with van der Waals surface area (Å²) in [5.41, 5.74) is 1.94. The van der Waals surface area contributed by atoms with E-state index in [1.54, 1.807) is 0 Å². The highest BCUT2D eigenvalue weighted by Gasteiger charge is 2.38. The van der Waals surface area contributed by atoms with Crippen molar-refractivity contribution in [3.63, 3.8) is 0 Å². The molecule has 0 aromatic heterocycles. The lowest BCUT2D eigenvalue weighted by Crippen LogP contribution is -2.41. The molecule has 0 saturated heterocycles. The van der Waals surface area contributed by atoms with Gasteiger partial charge in [-0.05, 0) is 31.0 Å². The molecule has 0 radical (unpaired) electrons. The molecule has 1 aromatic carbocycles. The Morgan fingerprint density at radius 2 is 1.89 bits per heavy atom. The van der Waals surface area contributed by atoms with Gasteiger partial charge in [0.05, 0.1) is 0 Å². The number of hydrogen-bond donors (Lipinski definition) is 0. The van der Waals surface area contributed by atoms with Gasteiger partial charge in [-0.1, -0.05) is 54.6 Å². The molecule has 0 heterocycles. The Kier molecular flexibility index (Phi) is 4.20. The summed E-state index contributed by atoms with van der Waals surface area (Å²) in [5.74, 6) is 0.569. The number of rotatable bonds is 4. The lowest BCUT2D eigenvalue weighted by Gasteiger charge is -2.36. The average Bonchev–Trinajstić information content (AvgIpc) is 2.41. The van der Waals surface area contributed by atoms with Crippen LogP contribution in [0, 0.1) is 5.92 Å². The highest BCUT2D eigenvalue weighted by Crippen LogP contribution is 2.38. The summed E-state index contributed by atoms with van der Waals surface area (Å²) in [6, 6.07) is 10.8. The van der Waals surface area contributed by atoms with Crippen molar-refractivity contribution in [3.8, 4) is 0 Å². The molecule has 0 spiro atoms. The molecule has 0 bridgehead atoms. The Bertz CT molecular complexity index is 434. The zero-order valence-corrected chi connectivity index (χ0v) is 12.5. The highest BCUT2D eigenvalue weighted by atomic mass is 28.4. The minimum Gasteiger partial charge on any atom is -0.420 e. The van der Waals surface area contributed by atoms with Crippen molar-refractivity contribution >= 4 is 8.32 Å². The molecule has 96 valence electrons. The smallest absolute Gasteiger partial charge is 0.194 e. The maximum Gasteiger partial charge on any atom is 0.194 e. The minimum absolute atomic E-state index is 0.518. The molecule has 2 atom stereocenters. The van der Waals surface area contributed by atoms with E-state index in [1.165, 1.54) is 5.56 Å². The third-order valence-corrected chi connectivity index (χ3v) is 7.19. The monoisotopic (exact) mass is 258 g/mol. The van der Waals surface area contributed by atoms with Crippen LogP contribution in [0.25, 0.3) is 0 Å². The van der Waals surface area contributed by atoms with E-state index in [0.29, 0.717) is 11.5 Å². The summed E-state index contributed by atoms with van der Waals surface area (Å²) in [6.45, 7) is 4.63. The first-order valence-corrected chi connectivity index (χ1v) is 9.57. The van der Waals surface area contributed by atoms with Gasteiger partial charge in [-0.25, -0.2) is 0 Å². The molecule has 2 unspecified atom stereocenters. The molecule has 1 nitrogen and oxygen atoms in total. The maximum atomic E-state index is 5.89. The Labute approximate surface area is 111 Å². The molecule has 0 N–H and O–H groups in total. The number of benzene rings is 1. The third kappa shape index (κ3) is 2.82. The van der Waals surface area contributed by atoms with E-state index in [1.807, 2.05) is 7.11 Å². The van der Waals surface area contributed by atoms with Crippen molar-refractivity contribution in [1.82, 2.24) is 0 Å². The molecule has 0 saturated carbocycles. The molecule has 2 rings (SSSR count). The topological polar surface area (TPSA) is 9.23 Å². The quantitative estimate of drug-likeness (QED) is 0.732. The fraction of sp³-hybridized carbons (Fsp3) is 0.375. The van der Waals surface area contributed by atoms with Crippen LogP contribution in [-0.2, 0) is 4.43 Å². The molecule has 18 heavy (non-hydrogen) atoms. The summed E-state index contributed by atoms with van der Waals surface area (Å²) in [4.78, 5) is 0. The van der Waals surface area contributed by atoms with Crippen molar-refractivity contribution in [2.75, 3.05) is 7.11 Å². The van der Waals surface area contributed by atoms with E-state index < -0.39 is 8.32 Å². The zero-order valence-electron chi connectivity index (χ0n) is 11.5. The second kappa shape index (κ2) is 5.68. The lowest BCUT2D eigenvalue weighted by atomic mass is 9.92.